The minimum atomic E-state index is 0.0971. The first-order valence-electron chi connectivity index (χ1n) is 6.95. The highest BCUT2D eigenvalue weighted by atomic mass is 16.2. The summed E-state index contributed by atoms with van der Waals surface area (Å²) in [7, 11) is 0. The monoisotopic (exact) mass is 271 g/mol. The van der Waals surface area contributed by atoms with E-state index in [1.54, 1.807) is 4.68 Å². The van der Waals surface area contributed by atoms with Crippen LogP contribution in [0, 0.1) is 0 Å². The summed E-state index contributed by atoms with van der Waals surface area (Å²) in [4.78, 5) is 14.3. The van der Waals surface area contributed by atoms with Crippen molar-refractivity contribution in [3.8, 4) is 11.4 Å². The lowest BCUT2D eigenvalue weighted by atomic mass is 10.1. The summed E-state index contributed by atoms with van der Waals surface area (Å²) in [5.41, 5.74) is 1.58. The largest absolute Gasteiger partial charge is 0.339 e. The average Bonchev–Trinajstić information content (AvgIpc) is 3.17. The van der Waals surface area contributed by atoms with Crippen LogP contribution >= 0.6 is 0 Å². The fourth-order valence-corrected chi connectivity index (χ4v) is 2.52. The van der Waals surface area contributed by atoms with Crippen molar-refractivity contribution in [1.82, 2.24) is 25.1 Å². The molecule has 0 unspecified atom stereocenters. The van der Waals surface area contributed by atoms with Crippen molar-refractivity contribution >= 4 is 5.91 Å². The maximum Gasteiger partial charge on any atom is 0.253 e. The number of likely N-dealkylation sites (tertiary alicyclic amines) is 1. The molecule has 0 spiro atoms. The predicted octanol–water partition coefficient (Wildman–Crippen LogP) is 1.60. The van der Waals surface area contributed by atoms with Gasteiger partial charge in [-0.3, -0.25) is 4.79 Å². The molecular formula is C14H17N5O. The maximum absolute atomic E-state index is 12.4. The first-order chi connectivity index (χ1) is 9.79. The number of carbonyl (C=O) groups excluding carboxylic acids is 1. The van der Waals surface area contributed by atoms with Crippen LogP contribution in [0.2, 0.25) is 0 Å². The molecule has 20 heavy (non-hydrogen) atoms. The second kappa shape index (κ2) is 5.40. The molecule has 0 N–H and O–H groups in total. The molecule has 0 aliphatic carbocycles. The third-order valence-corrected chi connectivity index (χ3v) is 3.59. The predicted molar refractivity (Wildman–Crippen MR) is 74.1 cm³/mol. The number of hydrogen-bond acceptors (Lipinski definition) is 4. The van der Waals surface area contributed by atoms with Crippen molar-refractivity contribution < 1.29 is 4.79 Å². The number of benzene rings is 1. The molecule has 1 aromatic carbocycles. The fraction of sp³-hybridized carbons (Fsp3) is 0.429. The lowest BCUT2D eigenvalue weighted by Gasteiger charge is -2.15. The van der Waals surface area contributed by atoms with Crippen molar-refractivity contribution in [2.45, 2.75) is 26.3 Å². The van der Waals surface area contributed by atoms with E-state index in [2.05, 4.69) is 15.5 Å². The Morgan fingerprint density at radius 2 is 2.10 bits per heavy atom. The molecule has 3 rings (SSSR count). The van der Waals surface area contributed by atoms with Crippen LogP contribution in [0.5, 0.6) is 0 Å². The quantitative estimate of drug-likeness (QED) is 0.850. The van der Waals surface area contributed by atoms with E-state index in [4.69, 9.17) is 0 Å². The molecule has 0 bridgehead atoms. The van der Waals surface area contributed by atoms with Crippen molar-refractivity contribution in [3.05, 3.63) is 29.8 Å². The number of carbonyl (C=O) groups is 1. The van der Waals surface area contributed by atoms with Gasteiger partial charge >= 0.3 is 0 Å². The normalized spacial score (nSPS) is 14.8. The van der Waals surface area contributed by atoms with Gasteiger partial charge in [0, 0.05) is 30.8 Å². The summed E-state index contributed by atoms with van der Waals surface area (Å²) in [5, 5.41) is 11.6. The molecular weight excluding hydrogens is 254 g/mol. The third kappa shape index (κ3) is 2.29. The van der Waals surface area contributed by atoms with E-state index in [1.807, 2.05) is 36.1 Å². The number of tetrazole rings is 1. The highest BCUT2D eigenvalue weighted by molar-refractivity contribution is 5.95. The Bertz CT molecular complexity index is 616. The number of hydrogen-bond donors (Lipinski definition) is 0. The van der Waals surface area contributed by atoms with Crippen LogP contribution in [0.15, 0.2) is 24.3 Å². The summed E-state index contributed by atoms with van der Waals surface area (Å²) in [6.45, 7) is 4.40. The summed E-state index contributed by atoms with van der Waals surface area (Å²) in [6, 6.07) is 7.54. The Kier molecular flexibility index (Phi) is 3.45. The van der Waals surface area contributed by atoms with E-state index in [9.17, 15) is 4.79 Å². The third-order valence-electron chi connectivity index (χ3n) is 3.59. The Morgan fingerprint density at radius 1 is 1.30 bits per heavy atom. The molecule has 1 fully saturated rings. The topological polar surface area (TPSA) is 63.9 Å². The van der Waals surface area contributed by atoms with Gasteiger partial charge < -0.3 is 4.90 Å². The van der Waals surface area contributed by atoms with Crippen molar-refractivity contribution in [1.29, 1.82) is 0 Å². The molecule has 2 aromatic rings. The van der Waals surface area contributed by atoms with Gasteiger partial charge in [0.1, 0.15) is 0 Å². The lowest BCUT2D eigenvalue weighted by molar-refractivity contribution is 0.0793. The highest BCUT2D eigenvalue weighted by Gasteiger charge is 2.20. The van der Waals surface area contributed by atoms with Gasteiger partial charge in [-0.25, -0.2) is 4.68 Å². The SMILES string of the molecule is CCn1nnnc1-c1cccc(C(=O)N2CCCC2)c1. The van der Waals surface area contributed by atoms with Crippen LogP contribution in [-0.4, -0.2) is 44.1 Å². The van der Waals surface area contributed by atoms with Crippen LogP contribution in [0.1, 0.15) is 30.1 Å². The first kappa shape index (κ1) is 12.8. The molecule has 1 amide bonds. The smallest absolute Gasteiger partial charge is 0.253 e. The van der Waals surface area contributed by atoms with Gasteiger partial charge in [0.15, 0.2) is 5.82 Å². The minimum absolute atomic E-state index is 0.0971. The molecule has 0 atom stereocenters. The number of aryl methyl sites for hydroxylation is 1. The number of amides is 1. The number of aromatic nitrogens is 4. The van der Waals surface area contributed by atoms with Crippen LogP contribution < -0.4 is 0 Å². The molecule has 1 aliphatic rings. The molecule has 1 aliphatic heterocycles. The Hall–Kier alpha value is -2.24. The second-order valence-electron chi connectivity index (χ2n) is 4.90. The zero-order chi connectivity index (χ0) is 13.9. The number of rotatable bonds is 3. The van der Waals surface area contributed by atoms with E-state index in [0.717, 1.165) is 31.5 Å². The van der Waals surface area contributed by atoms with Gasteiger partial charge in [-0.05, 0) is 42.3 Å². The zero-order valence-electron chi connectivity index (χ0n) is 11.5. The molecule has 0 radical (unpaired) electrons. The highest BCUT2D eigenvalue weighted by Crippen LogP contribution is 2.19. The van der Waals surface area contributed by atoms with Gasteiger partial charge in [-0.1, -0.05) is 12.1 Å². The second-order valence-corrected chi connectivity index (χ2v) is 4.90. The van der Waals surface area contributed by atoms with Gasteiger partial charge in [0.2, 0.25) is 0 Å². The zero-order valence-corrected chi connectivity index (χ0v) is 11.5. The standard InChI is InChI=1S/C14H17N5O/c1-2-19-13(15-16-17-19)11-6-5-7-12(10-11)14(20)18-8-3-4-9-18/h5-7,10H,2-4,8-9H2,1H3. The molecule has 1 saturated heterocycles. The van der Waals surface area contributed by atoms with E-state index < -0.39 is 0 Å². The van der Waals surface area contributed by atoms with Crippen LogP contribution in [0.3, 0.4) is 0 Å². The Balaban J connectivity index is 1.91. The summed E-state index contributed by atoms with van der Waals surface area (Å²) in [6.07, 6.45) is 2.19. The minimum Gasteiger partial charge on any atom is -0.339 e. The molecule has 104 valence electrons. The average molecular weight is 271 g/mol. The Labute approximate surface area is 117 Å². The Morgan fingerprint density at radius 3 is 2.85 bits per heavy atom. The van der Waals surface area contributed by atoms with Crippen molar-refractivity contribution in [3.63, 3.8) is 0 Å². The molecule has 1 aromatic heterocycles. The first-order valence-corrected chi connectivity index (χ1v) is 6.95. The lowest BCUT2D eigenvalue weighted by Crippen LogP contribution is -2.27. The molecule has 2 heterocycles. The fourth-order valence-electron chi connectivity index (χ4n) is 2.52. The van der Waals surface area contributed by atoms with E-state index in [0.29, 0.717) is 17.9 Å². The van der Waals surface area contributed by atoms with Gasteiger partial charge in [0.25, 0.3) is 5.91 Å². The van der Waals surface area contributed by atoms with Crippen LogP contribution in [-0.2, 0) is 6.54 Å². The van der Waals surface area contributed by atoms with Crippen molar-refractivity contribution in [2.24, 2.45) is 0 Å². The summed E-state index contributed by atoms with van der Waals surface area (Å²) >= 11 is 0. The van der Waals surface area contributed by atoms with Crippen LogP contribution in [0.4, 0.5) is 0 Å². The van der Waals surface area contributed by atoms with Gasteiger partial charge in [0.05, 0.1) is 0 Å². The van der Waals surface area contributed by atoms with Gasteiger partial charge in [-0.15, -0.1) is 5.10 Å². The van der Waals surface area contributed by atoms with Crippen molar-refractivity contribution in [2.75, 3.05) is 13.1 Å². The van der Waals surface area contributed by atoms with E-state index in [-0.39, 0.29) is 5.91 Å². The summed E-state index contributed by atoms with van der Waals surface area (Å²) < 4.78 is 1.72. The molecule has 6 heteroatoms. The maximum atomic E-state index is 12.4. The van der Waals surface area contributed by atoms with E-state index >= 15 is 0 Å². The molecule has 0 saturated carbocycles. The number of nitrogens with zero attached hydrogens (tertiary/aromatic N) is 5. The van der Waals surface area contributed by atoms with E-state index in [1.165, 1.54) is 0 Å². The van der Waals surface area contributed by atoms with Gasteiger partial charge in [-0.2, -0.15) is 0 Å². The summed E-state index contributed by atoms with van der Waals surface area (Å²) in [5.74, 6) is 0.795. The molecule has 6 nitrogen and oxygen atoms in total. The van der Waals surface area contributed by atoms with Crippen LogP contribution in [0.25, 0.3) is 11.4 Å².